The van der Waals surface area contributed by atoms with Gasteiger partial charge in [-0.05, 0) is 30.9 Å². The summed E-state index contributed by atoms with van der Waals surface area (Å²) in [6.07, 6.45) is 1.62. The molecular formula is C11H18ClNO. The Morgan fingerprint density at radius 3 is 2.57 bits per heavy atom. The fraction of sp³-hybridized carbons (Fsp3) is 0.455. The molecule has 80 valence electrons. The van der Waals surface area contributed by atoms with Gasteiger partial charge in [-0.2, -0.15) is 0 Å². The van der Waals surface area contributed by atoms with Crippen molar-refractivity contribution in [1.82, 2.24) is 0 Å². The number of halogens is 1. The van der Waals surface area contributed by atoms with Crippen molar-refractivity contribution >= 4 is 12.4 Å². The molecule has 0 saturated carbocycles. The maximum atomic E-state index is 8.68. The molecule has 0 aliphatic heterocycles. The summed E-state index contributed by atoms with van der Waals surface area (Å²) >= 11 is 0. The third-order valence-electron chi connectivity index (χ3n) is 2.26. The van der Waals surface area contributed by atoms with E-state index in [-0.39, 0.29) is 25.1 Å². The number of hydrogen-bond donors (Lipinski definition) is 2. The van der Waals surface area contributed by atoms with Crippen molar-refractivity contribution in [3.63, 3.8) is 0 Å². The third-order valence-corrected chi connectivity index (χ3v) is 2.26. The summed E-state index contributed by atoms with van der Waals surface area (Å²) in [6.45, 7) is 2.29. The van der Waals surface area contributed by atoms with Crippen LogP contribution in [0.15, 0.2) is 24.3 Å². The standard InChI is InChI=1S/C11H17NO.ClH/c1-9-5-2-3-6-10(9)11(12)7-4-8-13;/h2-3,5-6,11,13H,4,7-8,12H2,1H3;1H/t11-;/m0./s1. The lowest BCUT2D eigenvalue weighted by Crippen LogP contribution is -2.12. The Balaban J connectivity index is 0.00000169. The molecule has 0 fully saturated rings. The van der Waals surface area contributed by atoms with Crippen LogP contribution in [0.1, 0.15) is 30.0 Å². The minimum Gasteiger partial charge on any atom is -0.396 e. The van der Waals surface area contributed by atoms with Gasteiger partial charge in [-0.3, -0.25) is 0 Å². The lowest BCUT2D eigenvalue weighted by atomic mass is 9.99. The van der Waals surface area contributed by atoms with Crippen LogP contribution in [0.4, 0.5) is 0 Å². The van der Waals surface area contributed by atoms with E-state index in [0.717, 1.165) is 12.8 Å². The van der Waals surface area contributed by atoms with Gasteiger partial charge in [0.2, 0.25) is 0 Å². The highest BCUT2D eigenvalue weighted by Gasteiger charge is 2.06. The zero-order valence-corrected chi connectivity index (χ0v) is 9.26. The molecule has 0 aliphatic rings. The van der Waals surface area contributed by atoms with Gasteiger partial charge in [0.15, 0.2) is 0 Å². The molecule has 0 aromatic heterocycles. The van der Waals surface area contributed by atoms with Crippen LogP contribution in [-0.2, 0) is 0 Å². The first kappa shape index (κ1) is 13.4. The zero-order valence-electron chi connectivity index (χ0n) is 8.44. The first-order chi connectivity index (χ1) is 6.25. The maximum Gasteiger partial charge on any atom is 0.0431 e. The molecule has 2 nitrogen and oxygen atoms in total. The number of benzene rings is 1. The SMILES string of the molecule is Cc1ccccc1[C@@H](N)CCCO.Cl. The molecule has 14 heavy (non-hydrogen) atoms. The van der Waals surface area contributed by atoms with Gasteiger partial charge >= 0.3 is 0 Å². The number of aliphatic hydroxyl groups excluding tert-OH is 1. The second kappa shape index (κ2) is 6.82. The topological polar surface area (TPSA) is 46.2 Å². The lowest BCUT2D eigenvalue weighted by Gasteiger charge is -2.13. The van der Waals surface area contributed by atoms with Crippen LogP contribution >= 0.6 is 12.4 Å². The fourth-order valence-electron chi connectivity index (χ4n) is 1.47. The van der Waals surface area contributed by atoms with E-state index in [9.17, 15) is 0 Å². The molecular weight excluding hydrogens is 198 g/mol. The van der Waals surface area contributed by atoms with E-state index < -0.39 is 0 Å². The largest absolute Gasteiger partial charge is 0.396 e. The van der Waals surface area contributed by atoms with Gasteiger partial charge < -0.3 is 10.8 Å². The highest BCUT2D eigenvalue weighted by molar-refractivity contribution is 5.85. The average molecular weight is 216 g/mol. The number of aliphatic hydroxyl groups is 1. The van der Waals surface area contributed by atoms with Crippen molar-refractivity contribution in [2.24, 2.45) is 5.73 Å². The van der Waals surface area contributed by atoms with Crippen molar-refractivity contribution in [2.45, 2.75) is 25.8 Å². The van der Waals surface area contributed by atoms with Crippen LogP contribution in [0.3, 0.4) is 0 Å². The summed E-state index contributed by atoms with van der Waals surface area (Å²) in [5, 5.41) is 8.68. The summed E-state index contributed by atoms with van der Waals surface area (Å²) in [4.78, 5) is 0. The molecule has 0 saturated heterocycles. The Hall–Kier alpha value is -0.570. The Morgan fingerprint density at radius 2 is 2.00 bits per heavy atom. The first-order valence-corrected chi connectivity index (χ1v) is 4.67. The Bertz CT molecular complexity index is 265. The summed E-state index contributed by atoms with van der Waals surface area (Å²) in [5.41, 5.74) is 8.39. The van der Waals surface area contributed by atoms with E-state index in [1.54, 1.807) is 0 Å². The molecule has 0 unspecified atom stereocenters. The molecule has 0 spiro atoms. The van der Waals surface area contributed by atoms with Gasteiger partial charge in [0.05, 0.1) is 0 Å². The number of aryl methyl sites for hydroxylation is 1. The lowest BCUT2D eigenvalue weighted by molar-refractivity contribution is 0.280. The van der Waals surface area contributed by atoms with Crippen LogP contribution < -0.4 is 5.73 Å². The molecule has 0 radical (unpaired) electrons. The summed E-state index contributed by atoms with van der Waals surface area (Å²) in [7, 11) is 0. The molecule has 1 rings (SSSR count). The molecule has 1 aromatic carbocycles. The quantitative estimate of drug-likeness (QED) is 0.809. The first-order valence-electron chi connectivity index (χ1n) is 4.67. The smallest absolute Gasteiger partial charge is 0.0431 e. The van der Waals surface area contributed by atoms with E-state index >= 15 is 0 Å². The summed E-state index contributed by atoms with van der Waals surface area (Å²) in [5.74, 6) is 0. The molecule has 1 aromatic rings. The molecule has 3 N–H and O–H groups in total. The Kier molecular flexibility index (Phi) is 6.54. The predicted molar refractivity (Wildman–Crippen MR) is 61.7 cm³/mol. The maximum absolute atomic E-state index is 8.68. The van der Waals surface area contributed by atoms with E-state index in [1.807, 2.05) is 12.1 Å². The molecule has 0 amide bonds. The summed E-state index contributed by atoms with van der Waals surface area (Å²) in [6, 6.07) is 8.19. The number of rotatable bonds is 4. The van der Waals surface area contributed by atoms with E-state index in [1.165, 1.54) is 11.1 Å². The van der Waals surface area contributed by atoms with E-state index in [4.69, 9.17) is 10.8 Å². The minimum atomic E-state index is 0. The van der Waals surface area contributed by atoms with Gasteiger partial charge in [-0.25, -0.2) is 0 Å². The van der Waals surface area contributed by atoms with Crippen LogP contribution in [0, 0.1) is 6.92 Å². The second-order valence-electron chi connectivity index (χ2n) is 3.33. The Labute approximate surface area is 91.5 Å². The van der Waals surface area contributed by atoms with E-state index in [2.05, 4.69) is 19.1 Å². The van der Waals surface area contributed by atoms with E-state index in [0.29, 0.717) is 0 Å². The van der Waals surface area contributed by atoms with Gasteiger partial charge in [0, 0.05) is 12.6 Å². The van der Waals surface area contributed by atoms with Crippen molar-refractivity contribution in [1.29, 1.82) is 0 Å². The van der Waals surface area contributed by atoms with Crippen LogP contribution in [0.2, 0.25) is 0 Å². The summed E-state index contributed by atoms with van der Waals surface area (Å²) < 4.78 is 0. The number of hydrogen-bond acceptors (Lipinski definition) is 2. The monoisotopic (exact) mass is 215 g/mol. The average Bonchev–Trinajstić information content (AvgIpc) is 2.15. The van der Waals surface area contributed by atoms with Crippen molar-refractivity contribution in [3.05, 3.63) is 35.4 Å². The normalized spacial score (nSPS) is 11.9. The third kappa shape index (κ3) is 3.66. The van der Waals surface area contributed by atoms with Gasteiger partial charge in [0.1, 0.15) is 0 Å². The molecule has 0 bridgehead atoms. The van der Waals surface area contributed by atoms with Crippen molar-refractivity contribution < 1.29 is 5.11 Å². The molecule has 1 atom stereocenters. The Morgan fingerprint density at radius 1 is 1.36 bits per heavy atom. The van der Waals surface area contributed by atoms with Gasteiger partial charge in [-0.15, -0.1) is 12.4 Å². The van der Waals surface area contributed by atoms with Gasteiger partial charge in [0.25, 0.3) is 0 Å². The molecule has 0 aliphatic carbocycles. The second-order valence-corrected chi connectivity index (χ2v) is 3.33. The van der Waals surface area contributed by atoms with Crippen molar-refractivity contribution in [3.8, 4) is 0 Å². The van der Waals surface area contributed by atoms with Crippen LogP contribution in [-0.4, -0.2) is 11.7 Å². The zero-order chi connectivity index (χ0) is 9.68. The van der Waals surface area contributed by atoms with Crippen LogP contribution in [0.5, 0.6) is 0 Å². The highest BCUT2D eigenvalue weighted by atomic mass is 35.5. The minimum absolute atomic E-state index is 0. The highest BCUT2D eigenvalue weighted by Crippen LogP contribution is 2.18. The predicted octanol–water partition coefficient (Wildman–Crippen LogP) is 2.19. The fourth-order valence-corrected chi connectivity index (χ4v) is 1.47. The van der Waals surface area contributed by atoms with Gasteiger partial charge in [-0.1, -0.05) is 24.3 Å². The van der Waals surface area contributed by atoms with Crippen molar-refractivity contribution in [2.75, 3.05) is 6.61 Å². The molecule has 3 heteroatoms. The molecule has 0 heterocycles. The van der Waals surface area contributed by atoms with Crippen LogP contribution in [0.25, 0.3) is 0 Å². The number of nitrogens with two attached hydrogens (primary N) is 1.